The molecule has 0 saturated heterocycles. The number of hydrogen-bond donors (Lipinski definition) is 2. The highest BCUT2D eigenvalue weighted by molar-refractivity contribution is 6.01. The van der Waals surface area contributed by atoms with Gasteiger partial charge in [-0.25, -0.2) is 4.79 Å². The van der Waals surface area contributed by atoms with Gasteiger partial charge in [0, 0.05) is 12.1 Å². The minimum Gasteiger partial charge on any atom is -0.497 e. The average molecular weight is 401 g/mol. The number of benzene rings is 1. The first-order valence-corrected chi connectivity index (χ1v) is 9.63. The van der Waals surface area contributed by atoms with Crippen LogP contribution in [0.3, 0.4) is 0 Å². The Morgan fingerprint density at radius 3 is 2.66 bits per heavy atom. The first kappa shape index (κ1) is 20.7. The van der Waals surface area contributed by atoms with Gasteiger partial charge in [0.1, 0.15) is 11.5 Å². The van der Waals surface area contributed by atoms with E-state index in [0.717, 1.165) is 12.2 Å². The minimum absolute atomic E-state index is 0.0646. The maximum Gasteiger partial charge on any atom is 0.322 e. The fourth-order valence-corrected chi connectivity index (χ4v) is 3.71. The van der Waals surface area contributed by atoms with Crippen molar-refractivity contribution >= 4 is 11.9 Å². The van der Waals surface area contributed by atoms with Gasteiger partial charge in [0.25, 0.3) is 5.91 Å². The Morgan fingerprint density at radius 2 is 2.03 bits per heavy atom. The Hall–Kier alpha value is -3.00. The molecule has 8 heteroatoms. The van der Waals surface area contributed by atoms with Crippen molar-refractivity contribution in [2.75, 3.05) is 54.5 Å². The number of nitrogens with zero attached hydrogens (tertiary/aromatic N) is 2. The Labute approximate surface area is 171 Å². The lowest BCUT2D eigenvalue weighted by molar-refractivity contribution is -0.857. The summed E-state index contributed by atoms with van der Waals surface area (Å²) in [5.41, 5.74) is 1.99. The molecule has 0 saturated carbocycles. The van der Waals surface area contributed by atoms with Crippen LogP contribution in [0.5, 0.6) is 11.5 Å². The summed E-state index contributed by atoms with van der Waals surface area (Å²) < 4.78 is 10.9. The van der Waals surface area contributed by atoms with Gasteiger partial charge in [0.15, 0.2) is 0 Å². The molecule has 0 bridgehead atoms. The van der Waals surface area contributed by atoms with Crippen molar-refractivity contribution in [1.82, 2.24) is 15.1 Å². The fraction of sp³-hybridized carbons (Fsp3) is 0.429. The predicted molar refractivity (Wildman–Crippen MR) is 109 cm³/mol. The quantitative estimate of drug-likeness (QED) is 0.610. The van der Waals surface area contributed by atoms with Gasteiger partial charge in [0.2, 0.25) is 0 Å². The molecule has 0 aliphatic carbocycles. The standard InChI is InChI=1S/C21H28N4O4/c1-6-9-25-16-13-24(11-10-23(2)3)20(26)18(16)19(22-21(25)27)15-12-14(28-4)7-8-17(15)29-5/h6-8,12,19H,1,9-11,13H2,2-5H3,(H,22,27)/p+1/t19-/m1/s1. The highest BCUT2D eigenvalue weighted by atomic mass is 16.5. The maximum atomic E-state index is 13.3. The van der Waals surface area contributed by atoms with Gasteiger partial charge in [-0.05, 0) is 18.2 Å². The molecule has 1 aromatic carbocycles. The molecule has 2 N–H and O–H groups in total. The van der Waals surface area contributed by atoms with Crippen LogP contribution in [-0.4, -0.2) is 76.2 Å². The predicted octanol–water partition coefficient (Wildman–Crippen LogP) is 0.197. The molecule has 3 amide bonds. The number of ether oxygens (including phenoxy) is 2. The van der Waals surface area contributed by atoms with Crippen molar-refractivity contribution in [2.24, 2.45) is 0 Å². The third kappa shape index (κ3) is 3.93. The fourth-order valence-electron chi connectivity index (χ4n) is 3.71. The van der Waals surface area contributed by atoms with Crippen LogP contribution in [0.25, 0.3) is 0 Å². The van der Waals surface area contributed by atoms with E-state index < -0.39 is 6.04 Å². The van der Waals surface area contributed by atoms with Crippen LogP contribution in [-0.2, 0) is 4.79 Å². The number of carbonyl (C=O) groups excluding carboxylic acids is 2. The molecule has 156 valence electrons. The largest absolute Gasteiger partial charge is 0.497 e. The van der Waals surface area contributed by atoms with E-state index in [-0.39, 0.29) is 11.9 Å². The lowest BCUT2D eigenvalue weighted by Crippen LogP contribution is -3.06. The second-order valence-electron chi connectivity index (χ2n) is 7.43. The number of quaternary nitrogens is 1. The van der Waals surface area contributed by atoms with E-state index in [4.69, 9.17) is 9.47 Å². The number of carbonyl (C=O) groups is 2. The summed E-state index contributed by atoms with van der Waals surface area (Å²) in [5.74, 6) is 1.15. The summed E-state index contributed by atoms with van der Waals surface area (Å²) in [7, 11) is 7.24. The number of rotatable bonds is 8. The Kier molecular flexibility index (Phi) is 6.12. The lowest BCUT2D eigenvalue weighted by atomic mass is 9.94. The highest BCUT2D eigenvalue weighted by Crippen LogP contribution is 2.40. The van der Waals surface area contributed by atoms with Crippen molar-refractivity contribution in [3.05, 3.63) is 47.7 Å². The van der Waals surface area contributed by atoms with Gasteiger partial charge in [-0.3, -0.25) is 9.69 Å². The second-order valence-corrected chi connectivity index (χ2v) is 7.43. The summed E-state index contributed by atoms with van der Waals surface area (Å²) >= 11 is 0. The third-order valence-electron chi connectivity index (χ3n) is 5.24. The van der Waals surface area contributed by atoms with Gasteiger partial charge in [0.05, 0.1) is 65.3 Å². The monoisotopic (exact) mass is 401 g/mol. The third-order valence-corrected chi connectivity index (χ3v) is 5.24. The van der Waals surface area contributed by atoms with Crippen LogP contribution in [0.1, 0.15) is 11.6 Å². The molecule has 2 aliphatic rings. The van der Waals surface area contributed by atoms with Crippen molar-refractivity contribution in [3.8, 4) is 11.5 Å². The summed E-state index contributed by atoms with van der Waals surface area (Å²) in [4.78, 5) is 30.8. The van der Waals surface area contributed by atoms with E-state index in [1.54, 1.807) is 48.3 Å². The molecule has 0 aromatic heterocycles. The van der Waals surface area contributed by atoms with E-state index in [2.05, 4.69) is 11.9 Å². The maximum absolute atomic E-state index is 13.3. The number of amides is 3. The smallest absolute Gasteiger partial charge is 0.322 e. The van der Waals surface area contributed by atoms with E-state index >= 15 is 0 Å². The highest BCUT2D eigenvalue weighted by Gasteiger charge is 2.44. The molecule has 0 spiro atoms. The van der Waals surface area contributed by atoms with Gasteiger partial charge in [-0.1, -0.05) is 6.08 Å². The summed E-state index contributed by atoms with van der Waals surface area (Å²) in [5, 5.41) is 2.97. The van der Waals surface area contributed by atoms with Crippen LogP contribution in [0, 0.1) is 0 Å². The zero-order valence-corrected chi connectivity index (χ0v) is 17.4. The van der Waals surface area contributed by atoms with E-state index in [9.17, 15) is 9.59 Å². The molecule has 29 heavy (non-hydrogen) atoms. The Bertz CT molecular complexity index is 849. The Morgan fingerprint density at radius 1 is 1.28 bits per heavy atom. The van der Waals surface area contributed by atoms with Crippen LogP contribution in [0.2, 0.25) is 0 Å². The topological polar surface area (TPSA) is 75.6 Å². The van der Waals surface area contributed by atoms with E-state index in [1.807, 2.05) is 14.1 Å². The van der Waals surface area contributed by atoms with Gasteiger partial charge < -0.3 is 24.6 Å². The molecule has 0 fully saturated rings. The molecular formula is C21H29N4O4+. The molecule has 2 aliphatic heterocycles. The zero-order chi connectivity index (χ0) is 21.1. The number of hydrogen-bond acceptors (Lipinski definition) is 4. The molecular weight excluding hydrogens is 372 g/mol. The molecule has 3 rings (SSSR count). The van der Waals surface area contributed by atoms with Gasteiger partial charge in [-0.15, -0.1) is 6.58 Å². The number of urea groups is 1. The van der Waals surface area contributed by atoms with E-state index in [0.29, 0.717) is 42.3 Å². The molecule has 1 aromatic rings. The first-order valence-electron chi connectivity index (χ1n) is 9.63. The SMILES string of the molecule is C=CCN1C(=O)N[C@H](c2cc(OC)ccc2OC)C2=C1CN(CC[NH+](C)C)C2=O. The van der Waals surface area contributed by atoms with E-state index in [1.165, 1.54) is 4.90 Å². The second kappa shape index (κ2) is 8.57. The molecule has 8 nitrogen and oxygen atoms in total. The number of nitrogens with one attached hydrogen (secondary N) is 2. The number of likely N-dealkylation sites (N-methyl/N-ethyl adjacent to an activating group) is 1. The molecule has 2 heterocycles. The van der Waals surface area contributed by atoms with Crippen molar-refractivity contribution < 1.29 is 24.0 Å². The van der Waals surface area contributed by atoms with Crippen molar-refractivity contribution in [2.45, 2.75) is 6.04 Å². The lowest BCUT2D eigenvalue weighted by Gasteiger charge is -2.33. The summed E-state index contributed by atoms with van der Waals surface area (Å²) in [6, 6.07) is 4.51. The van der Waals surface area contributed by atoms with Gasteiger partial charge >= 0.3 is 6.03 Å². The normalized spacial score (nSPS) is 18.9. The average Bonchev–Trinajstić information content (AvgIpc) is 3.04. The molecule has 0 unspecified atom stereocenters. The van der Waals surface area contributed by atoms with Crippen LogP contribution < -0.4 is 19.7 Å². The van der Waals surface area contributed by atoms with Crippen molar-refractivity contribution in [1.29, 1.82) is 0 Å². The summed E-state index contributed by atoms with van der Waals surface area (Å²) in [6.07, 6.45) is 1.66. The van der Waals surface area contributed by atoms with Crippen LogP contribution in [0.15, 0.2) is 42.1 Å². The summed E-state index contributed by atoms with van der Waals surface area (Å²) in [6.45, 7) is 5.93. The zero-order valence-electron chi connectivity index (χ0n) is 17.4. The van der Waals surface area contributed by atoms with Crippen molar-refractivity contribution in [3.63, 3.8) is 0 Å². The number of methoxy groups -OCH3 is 2. The van der Waals surface area contributed by atoms with Crippen LogP contribution in [0.4, 0.5) is 4.79 Å². The van der Waals surface area contributed by atoms with Gasteiger partial charge in [-0.2, -0.15) is 0 Å². The molecule has 0 radical (unpaired) electrons. The Balaban J connectivity index is 2.06. The molecule has 1 atom stereocenters. The first-order chi connectivity index (χ1) is 13.9. The van der Waals surface area contributed by atoms with Crippen LogP contribution >= 0.6 is 0 Å². The minimum atomic E-state index is -0.604.